The second-order valence-corrected chi connectivity index (χ2v) is 8.23. The molecule has 0 aliphatic heterocycles. The molecule has 0 N–H and O–H groups in total. The van der Waals surface area contributed by atoms with Crippen molar-refractivity contribution in [3.8, 4) is 0 Å². The van der Waals surface area contributed by atoms with Crippen LogP contribution in [0.1, 0.15) is 68.1 Å². The Morgan fingerprint density at radius 2 is 1.52 bits per heavy atom. The molecule has 7 heteroatoms. The van der Waals surface area contributed by atoms with E-state index >= 15 is 0 Å². The van der Waals surface area contributed by atoms with Crippen molar-refractivity contribution in [2.45, 2.75) is 63.9 Å². The lowest BCUT2D eigenvalue weighted by molar-refractivity contribution is -0.251. The highest BCUT2D eigenvalue weighted by atomic mass is 19.3. The predicted molar refractivity (Wildman–Crippen MR) is 106 cm³/mol. The van der Waals surface area contributed by atoms with Crippen LogP contribution in [0.15, 0.2) is 30.3 Å². The van der Waals surface area contributed by atoms with Gasteiger partial charge in [0.25, 0.3) is 0 Å². The molecule has 3 rings (SSSR count). The van der Waals surface area contributed by atoms with Crippen LogP contribution in [0.2, 0.25) is 0 Å². The summed E-state index contributed by atoms with van der Waals surface area (Å²) in [4.78, 5) is 0. The van der Waals surface area contributed by atoms with Gasteiger partial charge in [0.2, 0.25) is 0 Å². The van der Waals surface area contributed by atoms with Crippen LogP contribution in [0.3, 0.4) is 0 Å². The topological polar surface area (TPSA) is 9.23 Å². The molecule has 0 bridgehead atoms. The van der Waals surface area contributed by atoms with Gasteiger partial charge >= 0.3 is 6.11 Å². The van der Waals surface area contributed by atoms with Crippen molar-refractivity contribution in [3.05, 3.63) is 70.3 Å². The van der Waals surface area contributed by atoms with Gasteiger partial charge in [-0.05, 0) is 79.3 Å². The molecule has 0 atom stereocenters. The molecule has 0 saturated heterocycles. The van der Waals surface area contributed by atoms with Gasteiger partial charge in [-0.25, -0.2) is 17.6 Å². The third-order valence-electron chi connectivity index (χ3n) is 6.03. The molecule has 0 amide bonds. The maximum atomic E-state index is 14.5. The van der Waals surface area contributed by atoms with E-state index in [1.165, 1.54) is 6.07 Å². The molecule has 1 aliphatic carbocycles. The molecule has 0 unspecified atom stereocenters. The SMILES string of the molecule is CCC[C@H]1CC[C@H](c2cc(F)c(C(F)(F)OCCc3ccc(F)c(F)c3)c(F)c2)CC1. The molecule has 1 nitrogen and oxygen atoms in total. The van der Waals surface area contributed by atoms with Crippen molar-refractivity contribution < 1.29 is 31.1 Å². The normalized spacial score (nSPS) is 19.6. The highest BCUT2D eigenvalue weighted by Gasteiger charge is 2.40. The van der Waals surface area contributed by atoms with Gasteiger partial charge in [-0.1, -0.05) is 25.8 Å². The maximum absolute atomic E-state index is 14.5. The summed E-state index contributed by atoms with van der Waals surface area (Å²) in [6, 6.07) is 4.93. The average Bonchev–Trinajstić information content (AvgIpc) is 2.70. The fourth-order valence-electron chi connectivity index (χ4n) is 4.36. The summed E-state index contributed by atoms with van der Waals surface area (Å²) in [6.07, 6.45) is 1.35. The summed E-state index contributed by atoms with van der Waals surface area (Å²) >= 11 is 0. The Morgan fingerprint density at radius 1 is 0.871 bits per heavy atom. The molecule has 2 aromatic carbocycles. The summed E-state index contributed by atoms with van der Waals surface area (Å²) in [7, 11) is 0. The van der Waals surface area contributed by atoms with Gasteiger partial charge in [0.1, 0.15) is 17.2 Å². The third kappa shape index (κ3) is 5.82. The third-order valence-corrected chi connectivity index (χ3v) is 6.03. The molecule has 31 heavy (non-hydrogen) atoms. The first-order valence-electron chi connectivity index (χ1n) is 10.7. The minimum absolute atomic E-state index is 0.0472. The van der Waals surface area contributed by atoms with Gasteiger partial charge in [-0.15, -0.1) is 0 Å². The second-order valence-electron chi connectivity index (χ2n) is 8.23. The Bertz CT molecular complexity index is 867. The van der Waals surface area contributed by atoms with E-state index < -0.39 is 41.5 Å². The van der Waals surface area contributed by atoms with Crippen molar-refractivity contribution >= 4 is 0 Å². The van der Waals surface area contributed by atoms with Crippen molar-refractivity contribution in [1.82, 2.24) is 0 Å². The smallest absolute Gasteiger partial charge is 0.316 e. The molecule has 0 heterocycles. The van der Waals surface area contributed by atoms with Gasteiger partial charge in [-0.2, -0.15) is 8.78 Å². The molecule has 1 saturated carbocycles. The zero-order chi connectivity index (χ0) is 22.6. The lowest BCUT2D eigenvalue weighted by atomic mass is 9.77. The molecular weight excluding hydrogens is 418 g/mol. The van der Waals surface area contributed by atoms with Crippen LogP contribution in [0, 0.1) is 29.2 Å². The van der Waals surface area contributed by atoms with E-state index in [9.17, 15) is 26.3 Å². The molecule has 2 aromatic rings. The minimum Gasteiger partial charge on any atom is -0.316 e. The van der Waals surface area contributed by atoms with Crippen molar-refractivity contribution in [3.63, 3.8) is 0 Å². The van der Waals surface area contributed by atoms with Gasteiger partial charge in [0.15, 0.2) is 11.6 Å². The van der Waals surface area contributed by atoms with Crippen LogP contribution in [-0.4, -0.2) is 6.61 Å². The Labute approximate surface area is 178 Å². The van der Waals surface area contributed by atoms with Crippen LogP contribution in [0.25, 0.3) is 0 Å². The quantitative estimate of drug-likeness (QED) is 0.381. The van der Waals surface area contributed by atoms with Gasteiger partial charge in [-0.3, -0.25) is 0 Å². The average molecular weight is 444 g/mol. The van der Waals surface area contributed by atoms with Crippen molar-refractivity contribution in [2.24, 2.45) is 5.92 Å². The van der Waals surface area contributed by atoms with E-state index in [0.717, 1.165) is 62.8 Å². The van der Waals surface area contributed by atoms with Crippen LogP contribution >= 0.6 is 0 Å². The first-order chi connectivity index (χ1) is 14.7. The fraction of sp³-hybridized carbons (Fsp3) is 0.500. The maximum Gasteiger partial charge on any atom is 0.389 e. The molecule has 1 aliphatic rings. The van der Waals surface area contributed by atoms with E-state index in [1.54, 1.807) is 0 Å². The van der Waals surface area contributed by atoms with E-state index in [2.05, 4.69) is 11.7 Å². The number of alkyl halides is 2. The minimum atomic E-state index is -4.19. The highest BCUT2D eigenvalue weighted by Crippen LogP contribution is 2.40. The highest BCUT2D eigenvalue weighted by molar-refractivity contribution is 5.31. The molecule has 1 fully saturated rings. The van der Waals surface area contributed by atoms with E-state index in [-0.39, 0.29) is 17.9 Å². The number of halogens is 6. The molecule has 170 valence electrons. The molecule has 0 spiro atoms. The van der Waals surface area contributed by atoms with Crippen LogP contribution in [-0.2, 0) is 17.3 Å². The first-order valence-corrected chi connectivity index (χ1v) is 10.7. The van der Waals surface area contributed by atoms with Crippen LogP contribution in [0.5, 0.6) is 0 Å². The predicted octanol–water partition coefficient (Wildman–Crippen LogP) is 7.63. The Balaban J connectivity index is 1.66. The number of hydrogen-bond donors (Lipinski definition) is 0. The van der Waals surface area contributed by atoms with E-state index in [1.807, 2.05) is 0 Å². The summed E-state index contributed by atoms with van der Waals surface area (Å²) in [5.41, 5.74) is -0.808. The van der Waals surface area contributed by atoms with Gasteiger partial charge in [0.05, 0.1) is 6.61 Å². The molecular formula is C24H26F6O. The Kier molecular flexibility index (Phi) is 7.68. The zero-order valence-corrected chi connectivity index (χ0v) is 17.4. The Hall–Kier alpha value is -2.02. The monoisotopic (exact) mass is 444 g/mol. The fourth-order valence-corrected chi connectivity index (χ4v) is 4.36. The van der Waals surface area contributed by atoms with Crippen molar-refractivity contribution in [1.29, 1.82) is 0 Å². The first kappa shape index (κ1) is 23.6. The standard InChI is InChI=1S/C24H26F6O/c1-2-3-15-4-7-17(8-5-15)18-13-21(27)23(22(28)14-18)24(29,30)31-11-10-16-6-9-19(25)20(26)12-16/h6,9,12-15,17H,2-5,7-8,10-11H2,1H3/t15-,17-. The largest absolute Gasteiger partial charge is 0.389 e. The molecule has 0 aromatic heterocycles. The lowest BCUT2D eigenvalue weighted by Crippen LogP contribution is -2.24. The summed E-state index contributed by atoms with van der Waals surface area (Å²) in [5.74, 6) is -4.29. The summed E-state index contributed by atoms with van der Waals surface area (Å²) in [5, 5.41) is 0. The van der Waals surface area contributed by atoms with Gasteiger partial charge < -0.3 is 4.74 Å². The van der Waals surface area contributed by atoms with Crippen LogP contribution in [0.4, 0.5) is 26.3 Å². The summed E-state index contributed by atoms with van der Waals surface area (Å²) < 4.78 is 88.4. The lowest BCUT2D eigenvalue weighted by Gasteiger charge is -2.29. The number of hydrogen-bond acceptors (Lipinski definition) is 1. The molecule has 0 radical (unpaired) electrons. The second kappa shape index (κ2) is 10.1. The number of benzene rings is 2. The van der Waals surface area contributed by atoms with Crippen LogP contribution < -0.4 is 0 Å². The van der Waals surface area contributed by atoms with E-state index in [0.29, 0.717) is 11.5 Å². The van der Waals surface area contributed by atoms with Gasteiger partial charge in [0, 0.05) is 0 Å². The Morgan fingerprint density at radius 3 is 2.10 bits per heavy atom. The van der Waals surface area contributed by atoms with E-state index in [4.69, 9.17) is 0 Å². The number of rotatable bonds is 8. The zero-order valence-electron chi connectivity index (χ0n) is 17.4. The van der Waals surface area contributed by atoms with Crippen molar-refractivity contribution in [2.75, 3.05) is 6.61 Å². The summed E-state index contributed by atoms with van der Waals surface area (Å²) in [6.45, 7) is 1.50. The number of ether oxygens (including phenoxy) is 1.